The van der Waals surface area contributed by atoms with E-state index in [4.69, 9.17) is 4.74 Å². The van der Waals surface area contributed by atoms with Gasteiger partial charge in [-0.3, -0.25) is 0 Å². The molecule has 128 valence electrons. The SMILES string of the molecule is C=CCCC(NC(=O)OC(C)(C)C)c1ccc(C(F)(F)F)cc1. The molecule has 1 N–H and O–H groups in total. The molecule has 1 amide bonds. The number of nitrogens with one attached hydrogen (secondary N) is 1. The summed E-state index contributed by atoms with van der Waals surface area (Å²) in [5.41, 5.74) is -0.778. The van der Waals surface area contributed by atoms with E-state index in [1.54, 1.807) is 26.8 Å². The van der Waals surface area contributed by atoms with Crippen molar-refractivity contribution in [2.45, 2.75) is 51.4 Å². The number of rotatable bonds is 5. The maximum absolute atomic E-state index is 12.6. The summed E-state index contributed by atoms with van der Waals surface area (Å²) in [6.45, 7) is 8.84. The third kappa shape index (κ3) is 6.76. The third-order valence-electron chi connectivity index (χ3n) is 2.99. The predicted octanol–water partition coefficient (Wildman–Crippen LogP) is 5.24. The van der Waals surface area contributed by atoms with Gasteiger partial charge in [0.25, 0.3) is 0 Å². The van der Waals surface area contributed by atoms with E-state index in [0.717, 1.165) is 12.1 Å². The Morgan fingerprint density at radius 3 is 2.26 bits per heavy atom. The average molecular weight is 329 g/mol. The van der Waals surface area contributed by atoms with Gasteiger partial charge in [0.15, 0.2) is 0 Å². The first-order chi connectivity index (χ1) is 10.5. The quantitative estimate of drug-likeness (QED) is 0.751. The first-order valence-electron chi connectivity index (χ1n) is 7.30. The Balaban J connectivity index is 2.89. The van der Waals surface area contributed by atoms with E-state index in [9.17, 15) is 18.0 Å². The van der Waals surface area contributed by atoms with Crippen molar-refractivity contribution in [1.82, 2.24) is 5.32 Å². The van der Waals surface area contributed by atoms with Crippen LogP contribution in [-0.2, 0) is 10.9 Å². The van der Waals surface area contributed by atoms with Gasteiger partial charge in [-0.1, -0.05) is 18.2 Å². The number of halogens is 3. The molecular formula is C17H22F3NO2. The van der Waals surface area contributed by atoms with Crippen LogP contribution in [0.2, 0.25) is 0 Å². The summed E-state index contributed by atoms with van der Waals surface area (Å²) in [5.74, 6) is 0. The van der Waals surface area contributed by atoms with E-state index in [1.807, 2.05) is 0 Å². The first-order valence-corrected chi connectivity index (χ1v) is 7.30. The van der Waals surface area contributed by atoms with E-state index >= 15 is 0 Å². The molecule has 3 nitrogen and oxygen atoms in total. The molecule has 1 aromatic rings. The van der Waals surface area contributed by atoms with Crippen molar-refractivity contribution in [3.63, 3.8) is 0 Å². The Labute approximate surface area is 134 Å². The minimum Gasteiger partial charge on any atom is -0.444 e. The first kappa shape index (κ1) is 19.1. The van der Waals surface area contributed by atoms with Crippen molar-refractivity contribution in [3.8, 4) is 0 Å². The predicted molar refractivity (Wildman–Crippen MR) is 83.0 cm³/mol. The highest BCUT2D eigenvalue weighted by Crippen LogP contribution is 2.30. The second-order valence-electron chi connectivity index (χ2n) is 6.18. The Bertz CT molecular complexity index is 530. The molecule has 0 aliphatic carbocycles. The van der Waals surface area contributed by atoms with Gasteiger partial charge < -0.3 is 10.1 Å². The number of allylic oxidation sites excluding steroid dienone is 1. The van der Waals surface area contributed by atoms with Crippen LogP contribution in [0.3, 0.4) is 0 Å². The molecule has 0 radical (unpaired) electrons. The van der Waals surface area contributed by atoms with Gasteiger partial charge in [0, 0.05) is 0 Å². The average Bonchev–Trinajstić information content (AvgIpc) is 2.40. The monoisotopic (exact) mass is 329 g/mol. The number of ether oxygens (including phenoxy) is 1. The van der Waals surface area contributed by atoms with Crippen LogP contribution >= 0.6 is 0 Å². The Hall–Kier alpha value is -1.98. The van der Waals surface area contributed by atoms with Gasteiger partial charge >= 0.3 is 12.3 Å². The number of amides is 1. The number of alkyl halides is 3. The molecule has 1 atom stereocenters. The Morgan fingerprint density at radius 1 is 1.26 bits per heavy atom. The number of alkyl carbamates (subject to hydrolysis) is 1. The summed E-state index contributed by atoms with van der Waals surface area (Å²) in [7, 11) is 0. The van der Waals surface area contributed by atoms with Gasteiger partial charge in [-0.05, 0) is 51.3 Å². The van der Waals surface area contributed by atoms with Crippen molar-refractivity contribution in [3.05, 3.63) is 48.0 Å². The molecule has 0 fully saturated rings. The zero-order valence-corrected chi connectivity index (χ0v) is 13.5. The van der Waals surface area contributed by atoms with Crippen molar-refractivity contribution in [2.24, 2.45) is 0 Å². The zero-order valence-electron chi connectivity index (χ0n) is 13.5. The van der Waals surface area contributed by atoms with Crippen molar-refractivity contribution < 1.29 is 22.7 Å². The number of carbonyl (C=O) groups excluding carboxylic acids is 1. The van der Waals surface area contributed by atoms with Crippen LogP contribution in [0, 0.1) is 0 Å². The van der Waals surface area contributed by atoms with Crippen LogP contribution in [0.5, 0.6) is 0 Å². The number of hydrogen-bond donors (Lipinski definition) is 1. The van der Waals surface area contributed by atoms with Crippen molar-refractivity contribution >= 4 is 6.09 Å². The van der Waals surface area contributed by atoms with E-state index in [-0.39, 0.29) is 0 Å². The lowest BCUT2D eigenvalue weighted by Gasteiger charge is -2.24. The zero-order chi connectivity index (χ0) is 17.7. The molecule has 6 heteroatoms. The highest BCUT2D eigenvalue weighted by atomic mass is 19.4. The molecule has 0 aliphatic heterocycles. The molecule has 0 aliphatic rings. The summed E-state index contributed by atoms with van der Waals surface area (Å²) >= 11 is 0. The summed E-state index contributed by atoms with van der Waals surface area (Å²) in [5, 5.41) is 2.69. The standard InChI is InChI=1S/C17H22F3NO2/c1-5-6-7-14(21-15(22)23-16(2,3)4)12-8-10-13(11-9-12)17(18,19)20/h5,8-11,14H,1,6-7H2,2-4H3,(H,21,22). The lowest BCUT2D eigenvalue weighted by molar-refractivity contribution is -0.137. The number of hydrogen-bond acceptors (Lipinski definition) is 2. The fourth-order valence-electron chi connectivity index (χ4n) is 1.96. The van der Waals surface area contributed by atoms with Gasteiger partial charge in [0.05, 0.1) is 11.6 Å². The molecule has 0 aromatic heterocycles. The second-order valence-corrected chi connectivity index (χ2v) is 6.18. The number of carbonyl (C=O) groups is 1. The van der Waals surface area contributed by atoms with Gasteiger partial charge in [0.2, 0.25) is 0 Å². The highest BCUT2D eigenvalue weighted by Gasteiger charge is 2.30. The van der Waals surface area contributed by atoms with E-state index in [1.165, 1.54) is 12.1 Å². The normalized spacial score (nSPS) is 13.3. The fraction of sp³-hybridized carbons (Fsp3) is 0.471. The van der Waals surface area contributed by atoms with Gasteiger partial charge in [0.1, 0.15) is 5.60 Å². The van der Waals surface area contributed by atoms with E-state index in [0.29, 0.717) is 18.4 Å². The maximum atomic E-state index is 12.6. The highest BCUT2D eigenvalue weighted by molar-refractivity contribution is 5.68. The smallest absolute Gasteiger partial charge is 0.416 e. The summed E-state index contributed by atoms with van der Waals surface area (Å²) in [6.07, 6.45) is -2.16. The molecule has 0 saturated heterocycles. The lowest BCUT2D eigenvalue weighted by atomic mass is 10.0. The summed E-state index contributed by atoms with van der Waals surface area (Å²) < 4.78 is 43.0. The molecule has 1 aromatic carbocycles. The van der Waals surface area contributed by atoms with Crippen molar-refractivity contribution in [2.75, 3.05) is 0 Å². The van der Waals surface area contributed by atoms with Gasteiger partial charge in [-0.15, -0.1) is 6.58 Å². The van der Waals surface area contributed by atoms with E-state index < -0.39 is 29.5 Å². The Morgan fingerprint density at radius 2 is 1.83 bits per heavy atom. The second kappa shape index (κ2) is 7.53. The minimum absolute atomic E-state index is 0.440. The molecule has 0 heterocycles. The molecular weight excluding hydrogens is 307 g/mol. The van der Waals surface area contributed by atoms with Gasteiger partial charge in [-0.2, -0.15) is 13.2 Å². The molecule has 0 bridgehead atoms. The molecule has 1 unspecified atom stereocenters. The molecule has 0 spiro atoms. The van der Waals surface area contributed by atoms with Crippen LogP contribution in [0.4, 0.5) is 18.0 Å². The molecule has 23 heavy (non-hydrogen) atoms. The number of benzene rings is 1. The maximum Gasteiger partial charge on any atom is 0.416 e. The van der Waals surface area contributed by atoms with Crippen LogP contribution < -0.4 is 5.32 Å². The van der Waals surface area contributed by atoms with Crippen LogP contribution in [0.15, 0.2) is 36.9 Å². The molecule has 0 saturated carbocycles. The lowest BCUT2D eigenvalue weighted by Crippen LogP contribution is -2.35. The van der Waals surface area contributed by atoms with Gasteiger partial charge in [-0.25, -0.2) is 4.79 Å². The van der Waals surface area contributed by atoms with E-state index in [2.05, 4.69) is 11.9 Å². The minimum atomic E-state index is -4.38. The summed E-state index contributed by atoms with van der Waals surface area (Å²) in [4.78, 5) is 11.9. The van der Waals surface area contributed by atoms with Crippen LogP contribution in [0.25, 0.3) is 0 Å². The van der Waals surface area contributed by atoms with Crippen LogP contribution in [0.1, 0.15) is 50.8 Å². The largest absolute Gasteiger partial charge is 0.444 e. The topological polar surface area (TPSA) is 38.3 Å². The van der Waals surface area contributed by atoms with Crippen LogP contribution in [-0.4, -0.2) is 11.7 Å². The Kier molecular flexibility index (Phi) is 6.24. The third-order valence-corrected chi connectivity index (χ3v) is 2.99. The summed E-state index contributed by atoms with van der Waals surface area (Å²) in [6, 6.07) is 4.31. The van der Waals surface area contributed by atoms with Crippen molar-refractivity contribution in [1.29, 1.82) is 0 Å². The fourth-order valence-corrected chi connectivity index (χ4v) is 1.96. The molecule has 1 rings (SSSR count).